The van der Waals surface area contributed by atoms with E-state index >= 15 is 0 Å². The summed E-state index contributed by atoms with van der Waals surface area (Å²) in [6.07, 6.45) is 1.46. The first-order chi connectivity index (χ1) is 10.2. The maximum Gasteiger partial charge on any atom is 0.202 e. The number of carbonyl (C=O) groups excluding carboxylic acids is 1. The molecule has 2 aromatic rings. The van der Waals surface area contributed by atoms with Crippen molar-refractivity contribution in [3.63, 3.8) is 0 Å². The fourth-order valence-electron chi connectivity index (χ4n) is 1.64. The number of ether oxygens (including phenoxy) is 1. The van der Waals surface area contributed by atoms with Crippen molar-refractivity contribution in [2.24, 2.45) is 0 Å². The van der Waals surface area contributed by atoms with Gasteiger partial charge in [-0.3, -0.25) is 4.79 Å². The number of Topliss-reactive ketones (excluding diaryl/α,β-unsaturated/α-hetero) is 1. The van der Waals surface area contributed by atoms with E-state index in [0.717, 1.165) is 4.90 Å². The summed E-state index contributed by atoms with van der Waals surface area (Å²) in [6.45, 7) is 2.33. The number of halogens is 1. The van der Waals surface area contributed by atoms with Crippen LogP contribution in [-0.4, -0.2) is 12.4 Å². The summed E-state index contributed by atoms with van der Waals surface area (Å²) < 4.78 is 18.2. The van der Waals surface area contributed by atoms with Crippen LogP contribution in [0.25, 0.3) is 0 Å². The van der Waals surface area contributed by atoms with Crippen molar-refractivity contribution >= 4 is 17.5 Å². The van der Waals surface area contributed by atoms with Crippen molar-refractivity contribution in [2.75, 3.05) is 6.61 Å². The van der Waals surface area contributed by atoms with Crippen LogP contribution in [-0.2, 0) is 4.74 Å². The zero-order chi connectivity index (χ0) is 15.1. The molecule has 2 aromatic carbocycles. The molecule has 0 atom stereocenters. The van der Waals surface area contributed by atoms with E-state index in [0.29, 0.717) is 17.1 Å². The van der Waals surface area contributed by atoms with E-state index in [1.54, 1.807) is 24.3 Å². The summed E-state index contributed by atoms with van der Waals surface area (Å²) in [4.78, 5) is 13.7. The van der Waals surface area contributed by atoms with Crippen molar-refractivity contribution in [3.8, 4) is 0 Å². The van der Waals surface area contributed by atoms with Gasteiger partial charge in [0.05, 0.1) is 11.5 Å². The number of hydrogen-bond acceptors (Lipinski definition) is 3. The Kier molecular flexibility index (Phi) is 5.58. The predicted molar refractivity (Wildman–Crippen MR) is 82.7 cm³/mol. The standard InChI is InChI=1S/C17H15FO2S/c1-2-20-12-16(17(19)13-6-4-3-5-7-13)21-15-10-8-14(18)9-11-15/h3-12H,2H2,1H3/b16-12+. The van der Waals surface area contributed by atoms with Gasteiger partial charge >= 0.3 is 0 Å². The summed E-state index contributed by atoms with van der Waals surface area (Å²) in [5, 5.41) is 0. The largest absolute Gasteiger partial charge is 0.500 e. The van der Waals surface area contributed by atoms with Crippen LogP contribution in [0.2, 0.25) is 0 Å². The quantitative estimate of drug-likeness (QED) is 0.335. The van der Waals surface area contributed by atoms with Crippen molar-refractivity contribution in [3.05, 3.63) is 77.1 Å². The molecule has 0 bridgehead atoms. The smallest absolute Gasteiger partial charge is 0.202 e. The van der Waals surface area contributed by atoms with Crippen LogP contribution in [0.5, 0.6) is 0 Å². The average molecular weight is 302 g/mol. The number of thioether (sulfide) groups is 1. The van der Waals surface area contributed by atoms with Gasteiger partial charge in [-0.2, -0.15) is 0 Å². The molecule has 0 amide bonds. The lowest BCUT2D eigenvalue weighted by atomic mass is 10.1. The monoisotopic (exact) mass is 302 g/mol. The Morgan fingerprint density at radius 2 is 1.81 bits per heavy atom. The zero-order valence-corrected chi connectivity index (χ0v) is 12.4. The zero-order valence-electron chi connectivity index (χ0n) is 11.6. The second kappa shape index (κ2) is 7.64. The molecule has 108 valence electrons. The average Bonchev–Trinajstić information content (AvgIpc) is 2.53. The van der Waals surface area contributed by atoms with E-state index in [9.17, 15) is 9.18 Å². The van der Waals surface area contributed by atoms with Gasteiger partial charge in [0.1, 0.15) is 12.1 Å². The van der Waals surface area contributed by atoms with Crippen molar-refractivity contribution in [1.29, 1.82) is 0 Å². The summed E-state index contributed by atoms with van der Waals surface area (Å²) in [6, 6.07) is 15.0. The molecule has 0 unspecified atom stereocenters. The highest BCUT2D eigenvalue weighted by Gasteiger charge is 2.14. The number of carbonyl (C=O) groups is 1. The fraction of sp³-hybridized carbons (Fsp3) is 0.118. The van der Waals surface area contributed by atoms with Crippen molar-refractivity contribution in [1.82, 2.24) is 0 Å². The fourth-order valence-corrected chi connectivity index (χ4v) is 2.50. The Morgan fingerprint density at radius 1 is 1.14 bits per heavy atom. The molecule has 0 aliphatic heterocycles. The minimum atomic E-state index is -0.302. The first-order valence-corrected chi connectivity index (χ1v) is 7.37. The summed E-state index contributed by atoms with van der Waals surface area (Å²) in [5.74, 6) is -0.414. The minimum absolute atomic E-state index is 0.113. The van der Waals surface area contributed by atoms with E-state index < -0.39 is 0 Å². The van der Waals surface area contributed by atoms with Crippen LogP contribution in [0.4, 0.5) is 4.39 Å². The Morgan fingerprint density at radius 3 is 2.43 bits per heavy atom. The van der Waals surface area contributed by atoms with E-state index in [4.69, 9.17) is 4.74 Å². The van der Waals surface area contributed by atoms with E-state index in [-0.39, 0.29) is 11.6 Å². The molecule has 4 heteroatoms. The molecule has 0 aliphatic rings. The molecule has 0 saturated carbocycles. The number of hydrogen-bond donors (Lipinski definition) is 0. The molecule has 0 spiro atoms. The molecule has 0 fully saturated rings. The van der Waals surface area contributed by atoms with Crippen molar-refractivity contribution < 1.29 is 13.9 Å². The van der Waals surface area contributed by atoms with Gasteiger partial charge in [0.15, 0.2) is 0 Å². The predicted octanol–water partition coefficient (Wildman–Crippen LogP) is 4.68. The first kappa shape index (κ1) is 15.3. The van der Waals surface area contributed by atoms with Gasteiger partial charge in [0.2, 0.25) is 5.78 Å². The Hall–Kier alpha value is -2.07. The van der Waals surface area contributed by atoms with Crippen LogP contribution in [0.3, 0.4) is 0 Å². The van der Waals surface area contributed by atoms with Crippen molar-refractivity contribution in [2.45, 2.75) is 11.8 Å². The highest BCUT2D eigenvalue weighted by molar-refractivity contribution is 8.04. The van der Waals surface area contributed by atoms with Gasteiger partial charge in [0.25, 0.3) is 0 Å². The summed E-state index contributed by atoms with van der Waals surface area (Å²) in [5.41, 5.74) is 0.595. The van der Waals surface area contributed by atoms with Crippen LogP contribution in [0, 0.1) is 5.82 Å². The summed E-state index contributed by atoms with van der Waals surface area (Å²) >= 11 is 1.26. The van der Waals surface area contributed by atoms with E-state index in [1.807, 2.05) is 25.1 Å². The van der Waals surface area contributed by atoms with Crippen LogP contribution >= 0.6 is 11.8 Å². The van der Waals surface area contributed by atoms with Crippen LogP contribution in [0.1, 0.15) is 17.3 Å². The molecule has 0 radical (unpaired) electrons. The number of allylic oxidation sites excluding steroid dienone is 1. The Balaban J connectivity index is 2.22. The van der Waals surface area contributed by atoms with Crippen LogP contribution in [0.15, 0.2) is 70.7 Å². The van der Waals surface area contributed by atoms with Gasteiger partial charge in [-0.1, -0.05) is 42.1 Å². The van der Waals surface area contributed by atoms with Gasteiger partial charge in [-0.25, -0.2) is 4.39 Å². The number of benzene rings is 2. The molecule has 0 heterocycles. The highest BCUT2D eigenvalue weighted by atomic mass is 32.2. The first-order valence-electron chi connectivity index (χ1n) is 6.55. The Labute approximate surface area is 127 Å². The topological polar surface area (TPSA) is 26.3 Å². The third-order valence-electron chi connectivity index (χ3n) is 2.66. The van der Waals surface area contributed by atoms with Gasteiger partial charge in [-0.15, -0.1) is 0 Å². The maximum atomic E-state index is 12.9. The molecule has 0 aromatic heterocycles. The minimum Gasteiger partial charge on any atom is -0.500 e. The highest BCUT2D eigenvalue weighted by Crippen LogP contribution is 2.29. The lowest BCUT2D eigenvalue weighted by molar-refractivity contribution is 0.103. The third-order valence-corrected chi connectivity index (χ3v) is 3.67. The molecule has 0 aliphatic carbocycles. The molecule has 21 heavy (non-hydrogen) atoms. The lowest BCUT2D eigenvalue weighted by Crippen LogP contribution is -2.01. The number of rotatable bonds is 6. The molecule has 0 N–H and O–H groups in total. The van der Waals surface area contributed by atoms with Gasteiger partial charge < -0.3 is 4.74 Å². The normalized spacial score (nSPS) is 11.2. The third kappa shape index (κ3) is 4.46. The lowest BCUT2D eigenvalue weighted by Gasteiger charge is -2.07. The summed E-state index contributed by atoms with van der Waals surface area (Å²) in [7, 11) is 0. The van der Waals surface area contributed by atoms with Gasteiger partial charge in [-0.05, 0) is 31.2 Å². The molecular formula is C17H15FO2S. The van der Waals surface area contributed by atoms with Crippen LogP contribution < -0.4 is 0 Å². The van der Waals surface area contributed by atoms with E-state index in [2.05, 4.69) is 0 Å². The van der Waals surface area contributed by atoms with E-state index in [1.165, 1.54) is 30.2 Å². The number of ketones is 1. The molecule has 0 saturated heterocycles. The molecule has 2 nitrogen and oxygen atoms in total. The second-order valence-corrected chi connectivity index (χ2v) is 5.30. The maximum absolute atomic E-state index is 12.9. The Bertz CT molecular complexity index is 621. The second-order valence-electron chi connectivity index (χ2n) is 4.19. The molecule has 2 rings (SSSR count). The molecular weight excluding hydrogens is 287 g/mol. The SMILES string of the molecule is CCO/C=C(/Sc1ccc(F)cc1)C(=O)c1ccccc1. The van der Waals surface area contributed by atoms with Gasteiger partial charge in [0, 0.05) is 10.5 Å².